The van der Waals surface area contributed by atoms with Crippen LogP contribution in [0.15, 0.2) is 6.33 Å². The molecule has 8 nitrogen and oxygen atoms in total. The van der Waals surface area contributed by atoms with Crippen molar-refractivity contribution >= 4 is 21.6 Å². The third-order valence-electron chi connectivity index (χ3n) is 5.43. The lowest BCUT2D eigenvalue weighted by Crippen LogP contribution is -2.50. The number of aromatic nitrogens is 4. The van der Waals surface area contributed by atoms with Gasteiger partial charge in [0.1, 0.15) is 12.1 Å². The number of fused-ring (bicyclic) bond motifs is 1. The van der Waals surface area contributed by atoms with Crippen LogP contribution in [0.3, 0.4) is 0 Å². The van der Waals surface area contributed by atoms with E-state index < -0.39 is 10.0 Å². The number of sulfonamides is 1. The van der Waals surface area contributed by atoms with Crippen molar-refractivity contribution in [2.45, 2.75) is 50.8 Å². The molecular weight excluding hydrogens is 340 g/mol. The topological polar surface area (TPSA) is 83.7 Å². The van der Waals surface area contributed by atoms with Crippen LogP contribution in [0.4, 0.5) is 5.82 Å². The van der Waals surface area contributed by atoms with Gasteiger partial charge in [-0.1, -0.05) is 0 Å². The minimum atomic E-state index is -3.16. The van der Waals surface area contributed by atoms with Crippen molar-refractivity contribution in [2.75, 3.05) is 25.0 Å². The molecule has 2 aromatic rings. The molecule has 1 atom stereocenters. The Labute approximate surface area is 147 Å². The summed E-state index contributed by atoms with van der Waals surface area (Å²) in [5, 5.41) is 4.16. The van der Waals surface area contributed by atoms with E-state index in [0.717, 1.165) is 49.3 Å². The summed E-state index contributed by atoms with van der Waals surface area (Å²) in [6, 6.07) is -0.00853. The zero-order chi connectivity index (χ0) is 17.8. The smallest absolute Gasteiger partial charge is 0.254 e. The van der Waals surface area contributed by atoms with Crippen LogP contribution in [0, 0.1) is 13.8 Å². The van der Waals surface area contributed by atoms with Gasteiger partial charge < -0.3 is 4.90 Å². The van der Waals surface area contributed by atoms with Gasteiger partial charge in [-0.15, -0.1) is 0 Å². The van der Waals surface area contributed by atoms with Gasteiger partial charge in [-0.25, -0.2) is 13.4 Å². The molecule has 0 radical (unpaired) electrons. The second kappa shape index (κ2) is 5.91. The van der Waals surface area contributed by atoms with Gasteiger partial charge in [0, 0.05) is 37.4 Å². The lowest BCUT2D eigenvalue weighted by molar-refractivity contribution is 0.318. The fraction of sp³-hybridized carbons (Fsp3) is 0.688. The maximum Gasteiger partial charge on any atom is 0.254 e. The number of piperidine rings is 1. The molecule has 1 aliphatic heterocycles. The monoisotopic (exact) mass is 364 g/mol. The highest BCUT2D eigenvalue weighted by Gasteiger charge is 2.42. The summed E-state index contributed by atoms with van der Waals surface area (Å²) >= 11 is 0. The SMILES string of the molecule is Cc1nc2ncnn2c(N2CCCC(N(C)S(=O)(=O)C3CC3)C2)c1C. The number of hydrogen-bond donors (Lipinski definition) is 0. The minimum Gasteiger partial charge on any atom is -0.355 e. The highest BCUT2D eigenvalue weighted by atomic mass is 32.2. The highest BCUT2D eigenvalue weighted by Crippen LogP contribution is 2.33. The fourth-order valence-corrected chi connectivity index (χ4v) is 5.43. The molecule has 4 rings (SSSR count). The maximum absolute atomic E-state index is 12.6. The average molecular weight is 364 g/mol. The van der Waals surface area contributed by atoms with Gasteiger partial charge in [-0.05, 0) is 39.5 Å². The zero-order valence-corrected chi connectivity index (χ0v) is 15.7. The first-order chi connectivity index (χ1) is 11.9. The van der Waals surface area contributed by atoms with Gasteiger partial charge in [0.25, 0.3) is 5.78 Å². The van der Waals surface area contributed by atoms with E-state index in [0.29, 0.717) is 12.3 Å². The number of aryl methyl sites for hydroxylation is 1. The maximum atomic E-state index is 12.6. The van der Waals surface area contributed by atoms with E-state index in [1.54, 1.807) is 15.9 Å². The predicted molar refractivity (Wildman–Crippen MR) is 95.2 cm³/mol. The lowest BCUT2D eigenvalue weighted by atomic mass is 10.1. The molecule has 25 heavy (non-hydrogen) atoms. The summed E-state index contributed by atoms with van der Waals surface area (Å²) in [6.07, 6.45) is 4.95. The molecule has 2 aliphatic rings. The van der Waals surface area contributed by atoms with Crippen LogP contribution < -0.4 is 4.90 Å². The fourth-order valence-electron chi connectivity index (χ4n) is 3.64. The Balaban J connectivity index is 1.66. The van der Waals surface area contributed by atoms with Crippen LogP contribution in [0.25, 0.3) is 5.78 Å². The molecule has 0 amide bonds. The summed E-state index contributed by atoms with van der Waals surface area (Å²) in [7, 11) is -1.43. The number of nitrogens with zero attached hydrogens (tertiary/aromatic N) is 6. The Bertz CT molecular complexity index is 905. The molecule has 136 valence electrons. The van der Waals surface area contributed by atoms with Crippen molar-refractivity contribution in [1.29, 1.82) is 0 Å². The van der Waals surface area contributed by atoms with E-state index in [4.69, 9.17) is 0 Å². The van der Waals surface area contributed by atoms with Gasteiger partial charge in [-0.3, -0.25) is 0 Å². The van der Waals surface area contributed by atoms with Gasteiger partial charge in [0.2, 0.25) is 10.0 Å². The quantitative estimate of drug-likeness (QED) is 0.809. The molecule has 1 unspecified atom stereocenters. The van der Waals surface area contributed by atoms with Crippen LogP contribution in [0.2, 0.25) is 0 Å². The van der Waals surface area contributed by atoms with Crippen molar-refractivity contribution in [1.82, 2.24) is 23.9 Å². The van der Waals surface area contributed by atoms with Crippen molar-refractivity contribution in [3.05, 3.63) is 17.6 Å². The molecule has 0 N–H and O–H groups in total. The molecule has 3 heterocycles. The van der Waals surface area contributed by atoms with Crippen LogP contribution in [0.1, 0.15) is 36.9 Å². The summed E-state index contributed by atoms with van der Waals surface area (Å²) in [6.45, 7) is 5.56. The van der Waals surface area contributed by atoms with Crippen molar-refractivity contribution < 1.29 is 8.42 Å². The number of anilines is 1. The molecule has 1 saturated carbocycles. The molecular formula is C16H24N6O2S. The van der Waals surface area contributed by atoms with E-state index in [-0.39, 0.29) is 11.3 Å². The number of rotatable bonds is 4. The molecule has 0 aromatic carbocycles. The largest absolute Gasteiger partial charge is 0.355 e. The Morgan fingerprint density at radius 2 is 2.00 bits per heavy atom. The van der Waals surface area contributed by atoms with E-state index in [1.165, 1.54) is 6.33 Å². The molecule has 1 aliphatic carbocycles. The van der Waals surface area contributed by atoms with Crippen LogP contribution in [-0.2, 0) is 10.0 Å². The Morgan fingerprint density at radius 1 is 1.24 bits per heavy atom. The molecule has 9 heteroatoms. The summed E-state index contributed by atoms with van der Waals surface area (Å²) in [5.41, 5.74) is 1.99. The van der Waals surface area contributed by atoms with Gasteiger partial charge in [-0.2, -0.15) is 18.9 Å². The predicted octanol–water partition coefficient (Wildman–Crippen LogP) is 1.13. The summed E-state index contributed by atoms with van der Waals surface area (Å²) in [4.78, 5) is 10.9. The van der Waals surface area contributed by atoms with Crippen LogP contribution in [-0.4, -0.2) is 63.7 Å². The van der Waals surface area contributed by atoms with Gasteiger partial charge in [0.15, 0.2) is 0 Å². The number of likely N-dealkylation sites (N-methyl/N-ethyl adjacent to an activating group) is 1. The van der Waals surface area contributed by atoms with Crippen molar-refractivity contribution in [3.63, 3.8) is 0 Å². The lowest BCUT2D eigenvalue weighted by Gasteiger charge is -2.38. The molecule has 0 spiro atoms. The van der Waals surface area contributed by atoms with Crippen molar-refractivity contribution in [2.24, 2.45) is 0 Å². The molecule has 2 fully saturated rings. The third kappa shape index (κ3) is 2.79. The number of hydrogen-bond acceptors (Lipinski definition) is 6. The standard InChI is InChI=1S/C16H24N6O2S/c1-11-12(2)19-16-17-10-18-22(16)15(11)21-8-4-5-13(9-21)20(3)25(23,24)14-6-7-14/h10,13-14H,4-9H2,1-3H3. The first-order valence-electron chi connectivity index (χ1n) is 8.78. The Kier molecular flexibility index (Phi) is 3.95. The molecule has 0 bridgehead atoms. The second-order valence-corrected chi connectivity index (χ2v) is 9.39. The Hall–Kier alpha value is -1.74. The first kappa shape index (κ1) is 16.7. The van der Waals surface area contributed by atoms with Crippen molar-refractivity contribution in [3.8, 4) is 0 Å². The second-order valence-electron chi connectivity index (χ2n) is 7.12. The Morgan fingerprint density at radius 3 is 2.72 bits per heavy atom. The zero-order valence-electron chi connectivity index (χ0n) is 14.9. The third-order valence-corrected chi connectivity index (χ3v) is 7.85. The first-order valence-corrected chi connectivity index (χ1v) is 10.3. The van der Waals surface area contributed by atoms with E-state index >= 15 is 0 Å². The minimum absolute atomic E-state index is 0.00853. The van der Waals surface area contributed by atoms with Gasteiger partial charge >= 0.3 is 0 Å². The van der Waals surface area contributed by atoms with Gasteiger partial charge in [0.05, 0.1) is 5.25 Å². The normalized spacial score (nSPS) is 22.1. The average Bonchev–Trinajstić information content (AvgIpc) is 3.36. The van der Waals surface area contributed by atoms with E-state index in [9.17, 15) is 8.42 Å². The summed E-state index contributed by atoms with van der Waals surface area (Å²) < 4.78 is 28.6. The molecule has 2 aromatic heterocycles. The summed E-state index contributed by atoms with van der Waals surface area (Å²) in [5.74, 6) is 1.56. The van der Waals surface area contributed by atoms with Crippen LogP contribution >= 0.6 is 0 Å². The highest BCUT2D eigenvalue weighted by molar-refractivity contribution is 7.90. The van der Waals surface area contributed by atoms with E-state index in [2.05, 4.69) is 20.0 Å². The molecule has 1 saturated heterocycles. The van der Waals surface area contributed by atoms with E-state index in [1.807, 2.05) is 13.8 Å². The van der Waals surface area contributed by atoms with Crippen LogP contribution in [0.5, 0.6) is 0 Å².